The molecule has 0 bridgehead atoms. The van der Waals surface area contributed by atoms with Crippen molar-refractivity contribution in [1.82, 2.24) is 4.57 Å². The van der Waals surface area contributed by atoms with Gasteiger partial charge < -0.3 is 9.67 Å². The SMILES string of the molecule is CC(C)c1ccccc1-c1ccc(C(=O)O)n1C. The average molecular weight is 243 g/mol. The first-order valence-electron chi connectivity index (χ1n) is 6.00. The van der Waals surface area contributed by atoms with Crippen LogP contribution in [0.2, 0.25) is 0 Å². The summed E-state index contributed by atoms with van der Waals surface area (Å²) in [5.41, 5.74) is 3.58. The van der Waals surface area contributed by atoms with Crippen molar-refractivity contribution in [3.05, 3.63) is 47.7 Å². The van der Waals surface area contributed by atoms with Crippen LogP contribution in [0, 0.1) is 0 Å². The fraction of sp³-hybridized carbons (Fsp3) is 0.267. The molecule has 94 valence electrons. The molecule has 0 aliphatic carbocycles. The first kappa shape index (κ1) is 12.4. The standard InChI is InChI=1S/C15H17NO2/c1-10(2)11-6-4-5-7-12(11)13-8-9-14(15(17)18)16(13)3/h4-10H,1-3H3,(H,17,18). The monoisotopic (exact) mass is 243 g/mol. The van der Waals surface area contributed by atoms with Crippen LogP contribution in [0.3, 0.4) is 0 Å². The number of carboxylic acid groups (broad SMARTS) is 1. The van der Waals surface area contributed by atoms with Crippen LogP contribution in [0.25, 0.3) is 11.3 Å². The van der Waals surface area contributed by atoms with Gasteiger partial charge in [-0.05, 0) is 23.6 Å². The summed E-state index contributed by atoms with van der Waals surface area (Å²) in [6.07, 6.45) is 0. The Hall–Kier alpha value is -2.03. The lowest BCUT2D eigenvalue weighted by molar-refractivity contribution is 0.0687. The van der Waals surface area contributed by atoms with Crippen molar-refractivity contribution in [3.8, 4) is 11.3 Å². The Bertz CT molecular complexity index is 582. The number of rotatable bonds is 3. The third-order valence-corrected chi connectivity index (χ3v) is 3.20. The molecule has 0 saturated heterocycles. The molecule has 1 aromatic carbocycles. The van der Waals surface area contributed by atoms with Gasteiger partial charge >= 0.3 is 5.97 Å². The predicted octanol–water partition coefficient (Wildman–Crippen LogP) is 3.51. The maximum absolute atomic E-state index is 11.1. The van der Waals surface area contributed by atoms with Crippen LogP contribution in [0.15, 0.2) is 36.4 Å². The fourth-order valence-electron chi connectivity index (χ4n) is 2.23. The quantitative estimate of drug-likeness (QED) is 0.896. The van der Waals surface area contributed by atoms with Crippen molar-refractivity contribution in [2.75, 3.05) is 0 Å². The van der Waals surface area contributed by atoms with E-state index in [0.717, 1.165) is 11.3 Å². The number of aromatic carboxylic acids is 1. The Morgan fingerprint density at radius 2 is 1.83 bits per heavy atom. The van der Waals surface area contributed by atoms with Gasteiger partial charge in [-0.1, -0.05) is 38.1 Å². The van der Waals surface area contributed by atoms with E-state index in [1.807, 2.05) is 24.3 Å². The lowest BCUT2D eigenvalue weighted by Crippen LogP contribution is -2.06. The maximum atomic E-state index is 11.1. The minimum absolute atomic E-state index is 0.309. The lowest BCUT2D eigenvalue weighted by atomic mass is 9.95. The zero-order valence-electron chi connectivity index (χ0n) is 10.8. The summed E-state index contributed by atoms with van der Waals surface area (Å²) >= 11 is 0. The van der Waals surface area contributed by atoms with E-state index < -0.39 is 5.97 Å². The Morgan fingerprint density at radius 1 is 1.17 bits per heavy atom. The zero-order valence-corrected chi connectivity index (χ0v) is 10.8. The number of aromatic nitrogens is 1. The normalized spacial score (nSPS) is 10.9. The fourth-order valence-corrected chi connectivity index (χ4v) is 2.23. The van der Waals surface area contributed by atoms with E-state index in [1.165, 1.54) is 5.56 Å². The molecule has 3 nitrogen and oxygen atoms in total. The molecule has 0 radical (unpaired) electrons. The van der Waals surface area contributed by atoms with E-state index in [1.54, 1.807) is 17.7 Å². The van der Waals surface area contributed by atoms with Gasteiger partial charge in [-0.15, -0.1) is 0 Å². The molecule has 0 fully saturated rings. The number of benzene rings is 1. The molecule has 0 spiro atoms. The van der Waals surface area contributed by atoms with Crippen molar-refractivity contribution in [2.24, 2.45) is 7.05 Å². The van der Waals surface area contributed by atoms with E-state index in [4.69, 9.17) is 5.11 Å². The van der Waals surface area contributed by atoms with E-state index in [9.17, 15) is 4.79 Å². The summed E-state index contributed by atoms with van der Waals surface area (Å²) in [4.78, 5) is 11.1. The van der Waals surface area contributed by atoms with Crippen molar-refractivity contribution < 1.29 is 9.90 Å². The molecular weight excluding hydrogens is 226 g/mol. The van der Waals surface area contributed by atoms with Crippen LogP contribution in [-0.4, -0.2) is 15.6 Å². The minimum atomic E-state index is -0.897. The molecule has 0 saturated carbocycles. The summed E-state index contributed by atoms with van der Waals surface area (Å²) in [6, 6.07) is 11.6. The van der Waals surface area contributed by atoms with E-state index in [-0.39, 0.29) is 0 Å². The third kappa shape index (κ3) is 2.04. The molecule has 2 rings (SSSR count). The maximum Gasteiger partial charge on any atom is 0.352 e. The second kappa shape index (κ2) is 4.69. The number of nitrogens with zero attached hydrogens (tertiary/aromatic N) is 1. The number of hydrogen-bond acceptors (Lipinski definition) is 1. The zero-order chi connectivity index (χ0) is 13.3. The van der Waals surface area contributed by atoms with Gasteiger partial charge in [0.2, 0.25) is 0 Å². The Labute approximate surface area is 107 Å². The number of carbonyl (C=O) groups is 1. The predicted molar refractivity (Wildman–Crippen MR) is 71.9 cm³/mol. The summed E-state index contributed by atoms with van der Waals surface area (Å²) in [5, 5.41) is 9.08. The largest absolute Gasteiger partial charge is 0.477 e. The van der Waals surface area contributed by atoms with Gasteiger partial charge in [-0.3, -0.25) is 0 Å². The molecule has 0 unspecified atom stereocenters. The molecular formula is C15H17NO2. The molecule has 18 heavy (non-hydrogen) atoms. The average Bonchev–Trinajstić information content (AvgIpc) is 2.71. The Balaban J connectivity index is 2.59. The molecule has 1 aromatic heterocycles. The second-order valence-electron chi connectivity index (χ2n) is 4.71. The van der Waals surface area contributed by atoms with Crippen molar-refractivity contribution >= 4 is 5.97 Å². The van der Waals surface area contributed by atoms with Crippen molar-refractivity contribution in [1.29, 1.82) is 0 Å². The van der Waals surface area contributed by atoms with Crippen LogP contribution in [-0.2, 0) is 7.05 Å². The van der Waals surface area contributed by atoms with Gasteiger partial charge in [0.05, 0.1) is 0 Å². The van der Waals surface area contributed by atoms with Crippen molar-refractivity contribution in [3.63, 3.8) is 0 Å². The van der Waals surface area contributed by atoms with Gasteiger partial charge in [0.1, 0.15) is 5.69 Å². The van der Waals surface area contributed by atoms with Crippen LogP contribution < -0.4 is 0 Å². The Morgan fingerprint density at radius 3 is 2.39 bits per heavy atom. The molecule has 0 aliphatic rings. The number of carboxylic acids is 1. The highest BCUT2D eigenvalue weighted by Gasteiger charge is 2.15. The van der Waals surface area contributed by atoms with E-state index in [0.29, 0.717) is 11.6 Å². The molecule has 2 aromatic rings. The first-order chi connectivity index (χ1) is 8.52. The highest BCUT2D eigenvalue weighted by Crippen LogP contribution is 2.29. The van der Waals surface area contributed by atoms with Gasteiger partial charge in [0, 0.05) is 18.3 Å². The summed E-state index contributed by atoms with van der Waals surface area (Å²) < 4.78 is 1.73. The van der Waals surface area contributed by atoms with Gasteiger partial charge in [-0.2, -0.15) is 0 Å². The van der Waals surface area contributed by atoms with Crippen LogP contribution in [0.1, 0.15) is 35.8 Å². The molecule has 0 amide bonds. The van der Waals surface area contributed by atoms with E-state index in [2.05, 4.69) is 19.9 Å². The molecule has 0 aliphatic heterocycles. The topological polar surface area (TPSA) is 42.2 Å². The highest BCUT2D eigenvalue weighted by molar-refractivity contribution is 5.87. The second-order valence-corrected chi connectivity index (χ2v) is 4.71. The third-order valence-electron chi connectivity index (χ3n) is 3.20. The van der Waals surface area contributed by atoms with Gasteiger partial charge in [0.15, 0.2) is 0 Å². The van der Waals surface area contributed by atoms with Gasteiger partial charge in [0.25, 0.3) is 0 Å². The summed E-state index contributed by atoms with van der Waals surface area (Å²) in [7, 11) is 1.79. The summed E-state index contributed by atoms with van der Waals surface area (Å²) in [6.45, 7) is 4.28. The van der Waals surface area contributed by atoms with E-state index >= 15 is 0 Å². The summed E-state index contributed by atoms with van der Waals surface area (Å²) in [5.74, 6) is -0.491. The van der Waals surface area contributed by atoms with Crippen LogP contribution >= 0.6 is 0 Å². The van der Waals surface area contributed by atoms with Crippen LogP contribution in [0.4, 0.5) is 0 Å². The Kier molecular flexibility index (Phi) is 3.24. The van der Waals surface area contributed by atoms with Crippen LogP contribution in [0.5, 0.6) is 0 Å². The minimum Gasteiger partial charge on any atom is -0.477 e. The lowest BCUT2D eigenvalue weighted by Gasteiger charge is -2.13. The number of hydrogen-bond donors (Lipinski definition) is 1. The van der Waals surface area contributed by atoms with Crippen molar-refractivity contribution in [2.45, 2.75) is 19.8 Å². The first-order valence-corrected chi connectivity index (χ1v) is 6.00. The highest BCUT2D eigenvalue weighted by atomic mass is 16.4. The molecule has 0 atom stereocenters. The van der Waals surface area contributed by atoms with Gasteiger partial charge in [-0.25, -0.2) is 4.79 Å². The molecule has 1 heterocycles. The molecule has 3 heteroatoms. The smallest absolute Gasteiger partial charge is 0.352 e. The molecule has 1 N–H and O–H groups in total.